The van der Waals surface area contributed by atoms with Gasteiger partial charge >= 0.3 is 0 Å². The number of hydrogen-bond acceptors (Lipinski definition) is 4. The number of amides is 1. The van der Waals surface area contributed by atoms with Gasteiger partial charge in [-0.3, -0.25) is 9.69 Å². The zero-order chi connectivity index (χ0) is 16.2. The first-order valence-corrected chi connectivity index (χ1v) is 9.73. The van der Waals surface area contributed by atoms with Gasteiger partial charge in [0.2, 0.25) is 5.91 Å². The first kappa shape index (κ1) is 17.2. The molecule has 22 heavy (non-hydrogen) atoms. The van der Waals surface area contributed by atoms with E-state index in [1.807, 2.05) is 24.3 Å². The predicted molar refractivity (Wildman–Crippen MR) is 95.3 cm³/mol. The van der Waals surface area contributed by atoms with E-state index in [0.29, 0.717) is 12.1 Å². The lowest BCUT2D eigenvalue weighted by Gasteiger charge is -2.25. The Kier molecular flexibility index (Phi) is 5.83. The molecule has 1 aliphatic rings. The van der Waals surface area contributed by atoms with E-state index in [1.165, 1.54) is 0 Å². The zero-order valence-corrected chi connectivity index (χ0v) is 14.9. The van der Waals surface area contributed by atoms with E-state index < -0.39 is 9.84 Å². The second kappa shape index (κ2) is 7.44. The molecule has 1 fully saturated rings. The summed E-state index contributed by atoms with van der Waals surface area (Å²) in [6.45, 7) is 0.358. The van der Waals surface area contributed by atoms with Crippen LogP contribution in [0.5, 0.6) is 0 Å². The highest BCUT2D eigenvalue weighted by Gasteiger charge is 2.32. The van der Waals surface area contributed by atoms with E-state index in [4.69, 9.17) is 6.42 Å². The lowest BCUT2D eigenvalue weighted by molar-refractivity contribution is -0.117. The number of nitrogens with zero attached hydrogens (tertiary/aromatic N) is 1. The fourth-order valence-electron chi connectivity index (χ4n) is 2.41. The van der Waals surface area contributed by atoms with Crippen LogP contribution in [0.1, 0.15) is 6.42 Å². The first-order valence-electron chi connectivity index (χ1n) is 6.83. The standard InChI is InChI=1S/C15H17IN2O3S/c1-2-8-18(14-7-9-22(20,21)11-14)10-15(19)17-13-5-3-12(16)4-6-13/h1,3-6,14H,7-11H2,(H,17,19). The van der Waals surface area contributed by atoms with Crippen LogP contribution in [-0.2, 0) is 14.6 Å². The Hall–Kier alpha value is -1.11. The molecular weight excluding hydrogens is 415 g/mol. The molecule has 1 aromatic rings. The number of carbonyl (C=O) groups excluding carboxylic acids is 1. The van der Waals surface area contributed by atoms with Crippen molar-refractivity contribution in [1.29, 1.82) is 0 Å². The highest BCUT2D eigenvalue weighted by atomic mass is 127. The molecule has 5 nitrogen and oxygen atoms in total. The van der Waals surface area contributed by atoms with Crippen molar-refractivity contribution in [3.8, 4) is 12.3 Å². The summed E-state index contributed by atoms with van der Waals surface area (Å²) in [6, 6.07) is 7.28. The van der Waals surface area contributed by atoms with E-state index in [-0.39, 0.29) is 36.5 Å². The minimum absolute atomic E-state index is 0.0749. The van der Waals surface area contributed by atoms with Gasteiger partial charge in [0.05, 0.1) is 24.6 Å². The van der Waals surface area contributed by atoms with Gasteiger partial charge in [-0.15, -0.1) is 6.42 Å². The molecule has 0 bridgehead atoms. The normalized spacial score (nSPS) is 19.8. The third kappa shape index (κ3) is 4.97. The Morgan fingerprint density at radius 3 is 2.64 bits per heavy atom. The number of hydrogen-bond donors (Lipinski definition) is 1. The number of rotatable bonds is 5. The molecule has 118 valence electrons. The number of terminal acetylenes is 1. The van der Waals surface area contributed by atoms with Crippen molar-refractivity contribution in [1.82, 2.24) is 4.90 Å². The summed E-state index contributed by atoms with van der Waals surface area (Å²) in [7, 11) is -3.00. The highest BCUT2D eigenvalue weighted by Crippen LogP contribution is 2.18. The Bertz CT molecular complexity index is 680. The van der Waals surface area contributed by atoms with E-state index >= 15 is 0 Å². The molecule has 1 aliphatic heterocycles. The van der Waals surface area contributed by atoms with Crippen LogP contribution in [-0.4, -0.2) is 49.9 Å². The Balaban J connectivity index is 1.97. The van der Waals surface area contributed by atoms with E-state index in [1.54, 1.807) is 4.90 Å². The van der Waals surface area contributed by atoms with Crippen molar-refractivity contribution in [2.24, 2.45) is 0 Å². The fourth-order valence-corrected chi connectivity index (χ4v) is 4.53. The first-order chi connectivity index (χ1) is 10.4. The van der Waals surface area contributed by atoms with Gasteiger partial charge in [-0.2, -0.15) is 0 Å². The molecule has 0 spiro atoms. The quantitative estimate of drug-likeness (QED) is 0.564. The Labute approximate surface area is 144 Å². The van der Waals surface area contributed by atoms with Crippen LogP contribution in [0.3, 0.4) is 0 Å². The molecule has 0 aromatic heterocycles. The van der Waals surface area contributed by atoms with E-state index in [9.17, 15) is 13.2 Å². The average Bonchev–Trinajstić information content (AvgIpc) is 2.81. The summed E-state index contributed by atoms with van der Waals surface area (Å²) in [4.78, 5) is 13.9. The van der Waals surface area contributed by atoms with Crippen molar-refractivity contribution >= 4 is 44.0 Å². The number of carbonyl (C=O) groups is 1. The van der Waals surface area contributed by atoms with Crippen molar-refractivity contribution in [2.75, 3.05) is 29.9 Å². The Morgan fingerprint density at radius 1 is 1.41 bits per heavy atom. The summed E-state index contributed by atoms with van der Waals surface area (Å²) in [5, 5.41) is 2.80. The molecule has 0 saturated carbocycles. The van der Waals surface area contributed by atoms with Gasteiger partial charge < -0.3 is 5.32 Å². The summed E-state index contributed by atoms with van der Waals surface area (Å²) in [5.41, 5.74) is 0.713. The van der Waals surface area contributed by atoms with Crippen LogP contribution < -0.4 is 5.32 Å². The third-order valence-corrected chi connectivity index (χ3v) is 5.96. The monoisotopic (exact) mass is 432 g/mol. The van der Waals surface area contributed by atoms with Gasteiger partial charge in [-0.05, 0) is 53.3 Å². The summed E-state index contributed by atoms with van der Waals surface area (Å²) < 4.78 is 24.2. The average molecular weight is 432 g/mol. The van der Waals surface area contributed by atoms with Crippen LogP contribution in [0.2, 0.25) is 0 Å². The molecule has 1 atom stereocenters. The van der Waals surface area contributed by atoms with Crippen molar-refractivity contribution in [3.05, 3.63) is 27.8 Å². The lowest BCUT2D eigenvalue weighted by atomic mass is 10.2. The molecule has 0 aliphatic carbocycles. The molecule has 7 heteroatoms. The summed E-state index contributed by atoms with van der Waals surface area (Å²) in [6.07, 6.45) is 5.86. The molecule has 1 unspecified atom stereocenters. The van der Waals surface area contributed by atoms with Gasteiger partial charge in [-0.1, -0.05) is 5.92 Å². The SMILES string of the molecule is C#CCN(CC(=O)Nc1ccc(I)cc1)C1CCS(=O)(=O)C1. The molecule has 1 N–H and O–H groups in total. The van der Waals surface area contributed by atoms with E-state index in [2.05, 4.69) is 33.8 Å². The Morgan fingerprint density at radius 2 is 2.09 bits per heavy atom. The fraction of sp³-hybridized carbons (Fsp3) is 0.400. The minimum atomic E-state index is -3.00. The van der Waals surface area contributed by atoms with Gasteiger partial charge in [0.1, 0.15) is 0 Å². The lowest BCUT2D eigenvalue weighted by Crippen LogP contribution is -2.41. The molecule has 1 heterocycles. The number of nitrogens with one attached hydrogen (secondary N) is 1. The summed E-state index contributed by atoms with van der Waals surface area (Å²) in [5.74, 6) is 2.54. The van der Waals surface area contributed by atoms with Crippen molar-refractivity contribution in [3.63, 3.8) is 0 Å². The van der Waals surface area contributed by atoms with Crippen LogP contribution in [0, 0.1) is 15.9 Å². The van der Waals surface area contributed by atoms with Crippen molar-refractivity contribution < 1.29 is 13.2 Å². The topological polar surface area (TPSA) is 66.5 Å². The zero-order valence-electron chi connectivity index (χ0n) is 12.0. The van der Waals surface area contributed by atoms with Gasteiger partial charge in [0.15, 0.2) is 9.84 Å². The van der Waals surface area contributed by atoms with Gasteiger partial charge in [0.25, 0.3) is 0 Å². The third-order valence-electron chi connectivity index (χ3n) is 3.49. The van der Waals surface area contributed by atoms with E-state index in [0.717, 1.165) is 3.57 Å². The molecule has 1 aromatic carbocycles. The van der Waals surface area contributed by atoms with Crippen LogP contribution >= 0.6 is 22.6 Å². The van der Waals surface area contributed by atoms with Gasteiger partial charge in [0, 0.05) is 15.3 Å². The number of benzene rings is 1. The predicted octanol–water partition coefficient (Wildman–Crippen LogP) is 1.35. The molecular formula is C15H17IN2O3S. The summed E-state index contributed by atoms with van der Waals surface area (Å²) >= 11 is 2.19. The maximum atomic E-state index is 12.1. The molecule has 2 rings (SSSR count). The number of anilines is 1. The number of halogens is 1. The van der Waals surface area contributed by atoms with Gasteiger partial charge in [-0.25, -0.2) is 8.42 Å². The molecule has 0 radical (unpaired) electrons. The second-order valence-electron chi connectivity index (χ2n) is 5.22. The van der Waals surface area contributed by atoms with Crippen LogP contribution in [0.25, 0.3) is 0 Å². The largest absolute Gasteiger partial charge is 0.325 e. The second-order valence-corrected chi connectivity index (χ2v) is 8.70. The highest BCUT2D eigenvalue weighted by molar-refractivity contribution is 14.1. The molecule has 1 amide bonds. The smallest absolute Gasteiger partial charge is 0.238 e. The molecule has 1 saturated heterocycles. The van der Waals surface area contributed by atoms with Crippen LogP contribution in [0.4, 0.5) is 5.69 Å². The minimum Gasteiger partial charge on any atom is -0.325 e. The van der Waals surface area contributed by atoms with Crippen molar-refractivity contribution in [2.45, 2.75) is 12.5 Å². The van der Waals surface area contributed by atoms with Crippen LogP contribution in [0.15, 0.2) is 24.3 Å². The maximum Gasteiger partial charge on any atom is 0.238 e. The maximum absolute atomic E-state index is 12.1. The number of sulfone groups is 1.